The smallest absolute Gasteiger partial charge is 0.410 e. The van der Waals surface area contributed by atoms with Crippen LogP contribution in [0, 0.1) is 12.8 Å². The first-order valence-corrected chi connectivity index (χ1v) is 8.49. The second kappa shape index (κ2) is 6.69. The second-order valence-electron chi connectivity index (χ2n) is 6.76. The first-order chi connectivity index (χ1) is 10.3. The maximum absolute atomic E-state index is 12.1. The molecule has 122 valence electrons. The van der Waals surface area contributed by atoms with E-state index in [4.69, 9.17) is 4.74 Å². The summed E-state index contributed by atoms with van der Waals surface area (Å²) in [5.74, 6) is 0.255. The highest BCUT2D eigenvalue weighted by Gasteiger charge is 2.29. The zero-order valence-electron chi connectivity index (χ0n) is 13.6. The van der Waals surface area contributed by atoms with E-state index in [1.807, 2.05) is 38.5 Å². The molecule has 0 unspecified atom stereocenters. The topological polar surface area (TPSA) is 58.6 Å². The van der Waals surface area contributed by atoms with Crippen LogP contribution in [0.1, 0.15) is 43.1 Å². The highest BCUT2D eigenvalue weighted by molar-refractivity contribution is 7.08. The largest absolute Gasteiger partial charge is 0.444 e. The number of nitrogens with zero attached hydrogens (tertiary/aromatic N) is 1. The molecule has 0 spiro atoms. The summed E-state index contributed by atoms with van der Waals surface area (Å²) in [6, 6.07) is 0. The van der Waals surface area contributed by atoms with Crippen molar-refractivity contribution < 1.29 is 14.3 Å². The molecule has 5 nitrogen and oxygen atoms in total. The Labute approximate surface area is 135 Å². The molecule has 2 amide bonds. The predicted octanol–water partition coefficient (Wildman–Crippen LogP) is 3.04. The van der Waals surface area contributed by atoms with E-state index in [9.17, 15) is 9.59 Å². The quantitative estimate of drug-likeness (QED) is 0.929. The average molecular weight is 324 g/mol. The lowest BCUT2D eigenvalue weighted by molar-refractivity contribution is 0.0288. The average Bonchev–Trinajstić information content (AvgIpc) is 3.02. The Balaban J connectivity index is 1.78. The number of carbonyl (C=O) groups excluding carboxylic acids is 2. The molecule has 1 aromatic rings. The molecule has 1 N–H and O–H groups in total. The molecule has 0 bridgehead atoms. The van der Waals surface area contributed by atoms with Crippen LogP contribution in [-0.2, 0) is 4.74 Å². The first-order valence-electron chi connectivity index (χ1n) is 7.55. The van der Waals surface area contributed by atoms with E-state index in [2.05, 4.69) is 5.32 Å². The molecule has 0 saturated carbocycles. The molecule has 22 heavy (non-hydrogen) atoms. The van der Waals surface area contributed by atoms with Gasteiger partial charge in [-0.2, -0.15) is 11.3 Å². The van der Waals surface area contributed by atoms with Gasteiger partial charge >= 0.3 is 6.09 Å². The summed E-state index contributed by atoms with van der Waals surface area (Å²) < 4.78 is 5.37. The van der Waals surface area contributed by atoms with Crippen molar-refractivity contribution in [2.75, 3.05) is 19.6 Å². The maximum Gasteiger partial charge on any atom is 0.410 e. The molecule has 1 saturated heterocycles. The van der Waals surface area contributed by atoms with Gasteiger partial charge in [0.1, 0.15) is 5.60 Å². The summed E-state index contributed by atoms with van der Waals surface area (Å²) in [5, 5.41) is 6.80. The number of likely N-dealkylation sites (tertiary alicyclic amines) is 1. The lowest BCUT2D eigenvalue weighted by Gasteiger charge is -2.24. The summed E-state index contributed by atoms with van der Waals surface area (Å²) in [6.07, 6.45) is 0.623. The van der Waals surface area contributed by atoms with Crippen LogP contribution in [0.25, 0.3) is 0 Å². The van der Waals surface area contributed by atoms with E-state index in [0.29, 0.717) is 19.6 Å². The molecule has 2 heterocycles. The highest BCUT2D eigenvalue weighted by Crippen LogP contribution is 2.19. The van der Waals surface area contributed by atoms with Gasteiger partial charge in [-0.25, -0.2) is 4.79 Å². The fraction of sp³-hybridized carbons (Fsp3) is 0.625. The van der Waals surface area contributed by atoms with Crippen molar-refractivity contribution in [1.82, 2.24) is 10.2 Å². The molecule has 0 aromatic carbocycles. The molecule has 1 fully saturated rings. The molecule has 1 aromatic heterocycles. The van der Waals surface area contributed by atoms with E-state index in [1.165, 1.54) is 11.3 Å². The summed E-state index contributed by atoms with van der Waals surface area (Å²) in [7, 11) is 0. The Morgan fingerprint density at radius 2 is 2.14 bits per heavy atom. The molecule has 2 rings (SSSR count). The van der Waals surface area contributed by atoms with Gasteiger partial charge in [0, 0.05) is 25.0 Å². The summed E-state index contributed by atoms with van der Waals surface area (Å²) in [5.41, 5.74) is 1.27. The van der Waals surface area contributed by atoms with Crippen molar-refractivity contribution in [3.05, 3.63) is 21.9 Å². The van der Waals surface area contributed by atoms with Crippen molar-refractivity contribution in [2.24, 2.45) is 5.92 Å². The third-order valence-corrected chi connectivity index (χ3v) is 4.45. The van der Waals surface area contributed by atoms with Gasteiger partial charge in [-0.05, 0) is 51.0 Å². The summed E-state index contributed by atoms with van der Waals surface area (Å²) in [4.78, 5) is 25.8. The normalized spacial score (nSPS) is 18.4. The van der Waals surface area contributed by atoms with Crippen molar-refractivity contribution in [1.29, 1.82) is 0 Å². The van der Waals surface area contributed by atoms with Crippen LogP contribution in [-0.4, -0.2) is 42.1 Å². The monoisotopic (exact) mass is 324 g/mol. The number of hydrogen-bond donors (Lipinski definition) is 1. The summed E-state index contributed by atoms with van der Waals surface area (Å²) in [6.45, 7) is 9.44. The second-order valence-corrected chi connectivity index (χ2v) is 7.50. The van der Waals surface area contributed by atoms with Crippen LogP contribution < -0.4 is 5.32 Å². The number of ether oxygens (including phenoxy) is 1. The minimum absolute atomic E-state index is 0.0329. The van der Waals surface area contributed by atoms with Crippen LogP contribution in [0.5, 0.6) is 0 Å². The van der Waals surface area contributed by atoms with E-state index in [-0.39, 0.29) is 17.9 Å². The standard InChI is InChI=1S/C16H24N2O3S/c1-11-9-22-10-13(11)14(19)17-7-12-5-6-18(8-12)15(20)21-16(2,3)4/h9-10,12H,5-8H2,1-4H3,(H,17,19)/t12-/m1/s1. The number of nitrogens with one attached hydrogen (secondary N) is 1. The van der Waals surface area contributed by atoms with Gasteiger partial charge in [-0.15, -0.1) is 0 Å². The minimum atomic E-state index is -0.472. The Morgan fingerprint density at radius 1 is 1.41 bits per heavy atom. The molecule has 0 radical (unpaired) electrons. The van der Waals surface area contributed by atoms with Gasteiger partial charge in [-0.3, -0.25) is 4.79 Å². The minimum Gasteiger partial charge on any atom is -0.444 e. The Bertz CT molecular complexity index is 548. The SMILES string of the molecule is Cc1cscc1C(=O)NC[C@H]1CCN(C(=O)OC(C)(C)C)C1. The lowest BCUT2D eigenvalue weighted by Crippen LogP contribution is -2.36. The van der Waals surface area contributed by atoms with Crippen LogP contribution in [0.15, 0.2) is 10.8 Å². The van der Waals surface area contributed by atoms with Crippen molar-refractivity contribution >= 4 is 23.3 Å². The van der Waals surface area contributed by atoms with Crippen LogP contribution in [0.2, 0.25) is 0 Å². The zero-order chi connectivity index (χ0) is 16.3. The van der Waals surface area contributed by atoms with Crippen LogP contribution >= 0.6 is 11.3 Å². The van der Waals surface area contributed by atoms with Crippen LogP contribution in [0.4, 0.5) is 4.79 Å². The Morgan fingerprint density at radius 3 is 2.73 bits per heavy atom. The number of aryl methyl sites for hydroxylation is 1. The van der Waals surface area contributed by atoms with E-state index in [1.54, 1.807) is 4.90 Å². The van der Waals surface area contributed by atoms with Gasteiger partial charge in [-0.1, -0.05) is 0 Å². The maximum atomic E-state index is 12.1. The number of hydrogen-bond acceptors (Lipinski definition) is 4. The van der Waals surface area contributed by atoms with E-state index in [0.717, 1.165) is 17.5 Å². The number of carbonyl (C=O) groups is 2. The van der Waals surface area contributed by atoms with Gasteiger partial charge < -0.3 is 15.0 Å². The number of thiophene rings is 1. The van der Waals surface area contributed by atoms with Gasteiger partial charge in [0.05, 0.1) is 5.56 Å². The molecular weight excluding hydrogens is 300 g/mol. The molecule has 1 aliphatic rings. The third kappa shape index (κ3) is 4.47. The Kier molecular flexibility index (Phi) is 5.11. The first kappa shape index (κ1) is 16.8. The fourth-order valence-electron chi connectivity index (χ4n) is 2.42. The van der Waals surface area contributed by atoms with Crippen molar-refractivity contribution in [3.8, 4) is 0 Å². The molecule has 0 aliphatic carbocycles. The lowest BCUT2D eigenvalue weighted by atomic mass is 10.1. The zero-order valence-corrected chi connectivity index (χ0v) is 14.5. The molecule has 1 atom stereocenters. The van der Waals surface area contributed by atoms with Crippen molar-refractivity contribution in [3.63, 3.8) is 0 Å². The Hall–Kier alpha value is -1.56. The molecular formula is C16H24N2O3S. The number of rotatable bonds is 3. The van der Waals surface area contributed by atoms with Crippen LogP contribution in [0.3, 0.4) is 0 Å². The van der Waals surface area contributed by atoms with E-state index >= 15 is 0 Å². The highest BCUT2D eigenvalue weighted by atomic mass is 32.1. The molecule has 6 heteroatoms. The molecule has 1 aliphatic heterocycles. The summed E-state index contributed by atoms with van der Waals surface area (Å²) >= 11 is 1.53. The van der Waals surface area contributed by atoms with Gasteiger partial charge in [0.15, 0.2) is 0 Å². The predicted molar refractivity (Wildman–Crippen MR) is 87.3 cm³/mol. The van der Waals surface area contributed by atoms with Gasteiger partial charge in [0.25, 0.3) is 5.91 Å². The number of amides is 2. The van der Waals surface area contributed by atoms with Gasteiger partial charge in [0.2, 0.25) is 0 Å². The third-order valence-electron chi connectivity index (χ3n) is 3.59. The van der Waals surface area contributed by atoms with Crippen molar-refractivity contribution in [2.45, 2.75) is 39.7 Å². The fourth-order valence-corrected chi connectivity index (χ4v) is 3.25. The van der Waals surface area contributed by atoms with E-state index < -0.39 is 5.60 Å².